The number of hydrogen-bond acceptors (Lipinski definition) is 5. The predicted octanol–water partition coefficient (Wildman–Crippen LogP) is 2.12. The van der Waals surface area contributed by atoms with Crippen LogP contribution in [0, 0.1) is 10.1 Å². The maximum Gasteiger partial charge on any atom is 0.345 e. The van der Waals surface area contributed by atoms with Crippen molar-refractivity contribution in [3.63, 3.8) is 0 Å². The van der Waals surface area contributed by atoms with Gasteiger partial charge in [-0.15, -0.1) is 0 Å². The summed E-state index contributed by atoms with van der Waals surface area (Å²) in [6.07, 6.45) is 0. The summed E-state index contributed by atoms with van der Waals surface area (Å²) in [5.74, 6) is -0.741. The lowest BCUT2D eigenvalue weighted by Crippen LogP contribution is -2.09. The van der Waals surface area contributed by atoms with E-state index in [9.17, 15) is 14.9 Å². The number of nitro groups is 1. The molecule has 86 valence electrons. The van der Waals surface area contributed by atoms with Gasteiger partial charge in [0.25, 0.3) is 5.69 Å². The first kappa shape index (κ1) is 12.4. The highest BCUT2D eigenvalue weighted by Gasteiger charge is 2.26. The minimum absolute atomic E-state index is 0.0862. The summed E-state index contributed by atoms with van der Waals surface area (Å²) >= 11 is 2.98. The standard InChI is InChI=1S/C9H9BrN2O4/c1-2-16-9(13)5-3-4-6(11)7(10)8(5)12(14)15/h3-4H,2,11H2,1H3. The molecule has 0 bridgehead atoms. The number of ether oxygens (including phenoxy) is 1. The molecule has 7 heteroatoms. The van der Waals surface area contributed by atoms with Crippen LogP contribution in [0.25, 0.3) is 0 Å². The molecule has 0 aliphatic carbocycles. The molecule has 0 spiro atoms. The molecule has 6 nitrogen and oxygen atoms in total. The van der Waals surface area contributed by atoms with E-state index in [1.165, 1.54) is 12.1 Å². The van der Waals surface area contributed by atoms with E-state index < -0.39 is 10.9 Å². The molecule has 0 atom stereocenters. The van der Waals surface area contributed by atoms with Gasteiger partial charge in [0.2, 0.25) is 0 Å². The first-order valence-electron chi connectivity index (χ1n) is 4.38. The number of benzene rings is 1. The molecule has 0 aromatic heterocycles. The quantitative estimate of drug-likeness (QED) is 0.398. The molecule has 0 aliphatic rings. The van der Waals surface area contributed by atoms with Crippen molar-refractivity contribution in [2.45, 2.75) is 6.92 Å². The number of carbonyl (C=O) groups excluding carboxylic acids is 1. The van der Waals surface area contributed by atoms with Gasteiger partial charge in [-0.25, -0.2) is 4.79 Å². The normalized spacial score (nSPS) is 9.88. The van der Waals surface area contributed by atoms with E-state index in [1.54, 1.807) is 6.92 Å². The van der Waals surface area contributed by atoms with Crippen molar-refractivity contribution in [1.82, 2.24) is 0 Å². The molecule has 0 fully saturated rings. The summed E-state index contributed by atoms with van der Waals surface area (Å²) in [4.78, 5) is 21.6. The zero-order valence-electron chi connectivity index (χ0n) is 8.40. The van der Waals surface area contributed by atoms with Crippen molar-refractivity contribution in [2.24, 2.45) is 0 Å². The number of nitrogen functional groups attached to an aromatic ring is 1. The van der Waals surface area contributed by atoms with Crippen LogP contribution in [0.3, 0.4) is 0 Å². The van der Waals surface area contributed by atoms with Crippen LogP contribution in [-0.2, 0) is 4.74 Å². The fourth-order valence-electron chi connectivity index (χ4n) is 1.13. The molecular formula is C9H9BrN2O4. The number of nitro benzene ring substituents is 1. The molecule has 0 saturated heterocycles. The summed E-state index contributed by atoms with van der Waals surface area (Å²) < 4.78 is 4.79. The molecule has 0 aliphatic heterocycles. The zero-order chi connectivity index (χ0) is 12.3. The minimum atomic E-state index is -0.741. The zero-order valence-corrected chi connectivity index (χ0v) is 9.98. The van der Waals surface area contributed by atoms with Gasteiger partial charge in [-0.3, -0.25) is 10.1 Å². The lowest BCUT2D eigenvalue weighted by atomic mass is 10.1. The van der Waals surface area contributed by atoms with Gasteiger partial charge in [-0.2, -0.15) is 0 Å². The second-order valence-corrected chi connectivity index (χ2v) is 3.64. The first-order valence-corrected chi connectivity index (χ1v) is 5.17. The largest absolute Gasteiger partial charge is 0.462 e. The number of nitrogens with two attached hydrogens (primary N) is 1. The van der Waals surface area contributed by atoms with Gasteiger partial charge in [-0.1, -0.05) is 0 Å². The molecule has 1 aromatic carbocycles. The summed E-state index contributed by atoms with van der Waals surface area (Å²) in [5.41, 5.74) is 5.20. The monoisotopic (exact) mass is 288 g/mol. The maximum absolute atomic E-state index is 11.4. The average molecular weight is 289 g/mol. The van der Waals surface area contributed by atoms with Gasteiger partial charge >= 0.3 is 5.97 Å². The van der Waals surface area contributed by atoms with E-state index in [2.05, 4.69) is 15.9 Å². The van der Waals surface area contributed by atoms with E-state index >= 15 is 0 Å². The number of rotatable bonds is 3. The van der Waals surface area contributed by atoms with E-state index in [1.807, 2.05) is 0 Å². The van der Waals surface area contributed by atoms with Crippen LogP contribution in [0.4, 0.5) is 11.4 Å². The molecule has 0 radical (unpaired) electrons. The van der Waals surface area contributed by atoms with Crippen molar-refractivity contribution in [2.75, 3.05) is 12.3 Å². The average Bonchev–Trinajstić information content (AvgIpc) is 2.21. The molecule has 16 heavy (non-hydrogen) atoms. The Morgan fingerprint density at radius 2 is 2.25 bits per heavy atom. The highest BCUT2D eigenvalue weighted by molar-refractivity contribution is 9.10. The van der Waals surface area contributed by atoms with Crippen molar-refractivity contribution in [3.05, 3.63) is 32.3 Å². The maximum atomic E-state index is 11.4. The fraction of sp³-hybridized carbons (Fsp3) is 0.222. The topological polar surface area (TPSA) is 95.5 Å². The molecule has 0 heterocycles. The molecule has 0 amide bonds. The Morgan fingerprint density at radius 3 is 2.75 bits per heavy atom. The number of hydrogen-bond donors (Lipinski definition) is 1. The molecular weight excluding hydrogens is 280 g/mol. The van der Waals surface area contributed by atoms with Crippen LogP contribution in [0.5, 0.6) is 0 Å². The van der Waals surface area contributed by atoms with E-state index in [-0.39, 0.29) is 28.0 Å². The third kappa shape index (κ3) is 2.30. The smallest absolute Gasteiger partial charge is 0.345 e. The molecule has 1 aromatic rings. The van der Waals surface area contributed by atoms with Gasteiger partial charge in [-0.05, 0) is 35.0 Å². The Labute approximate surface area is 99.7 Å². The molecule has 0 unspecified atom stereocenters. The lowest BCUT2D eigenvalue weighted by Gasteiger charge is -2.05. The van der Waals surface area contributed by atoms with Crippen LogP contribution < -0.4 is 5.73 Å². The van der Waals surface area contributed by atoms with E-state index in [4.69, 9.17) is 10.5 Å². The Morgan fingerprint density at radius 1 is 1.62 bits per heavy atom. The van der Waals surface area contributed by atoms with Crippen molar-refractivity contribution >= 4 is 33.3 Å². The second kappa shape index (κ2) is 4.93. The van der Waals surface area contributed by atoms with Crippen molar-refractivity contribution in [3.8, 4) is 0 Å². The minimum Gasteiger partial charge on any atom is -0.462 e. The predicted molar refractivity (Wildman–Crippen MR) is 61.2 cm³/mol. The third-order valence-electron chi connectivity index (χ3n) is 1.82. The lowest BCUT2D eigenvalue weighted by molar-refractivity contribution is -0.386. The highest BCUT2D eigenvalue weighted by Crippen LogP contribution is 2.34. The number of esters is 1. The number of anilines is 1. The third-order valence-corrected chi connectivity index (χ3v) is 2.66. The van der Waals surface area contributed by atoms with Crippen LogP contribution in [-0.4, -0.2) is 17.5 Å². The molecule has 0 saturated carbocycles. The summed E-state index contributed by atoms with van der Waals surface area (Å²) in [6, 6.07) is 2.68. The van der Waals surface area contributed by atoms with Gasteiger partial charge in [0.05, 0.1) is 17.2 Å². The van der Waals surface area contributed by atoms with Crippen LogP contribution in [0.15, 0.2) is 16.6 Å². The van der Waals surface area contributed by atoms with Gasteiger partial charge < -0.3 is 10.5 Å². The SMILES string of the molecule is CCOC(=O)c1ccc(N)c(Br)c1[N+](=O)[O-]. The molecule has 2 N–H and O–H groups in total. The van der Waals surface area contributed by atoms with Crippen molar-refractivity contribution < 1.29 is 14.5 Å². The van der Waals surface area contributed by atoms with Crippen molar-refractivity contribution in [1.29, 1.82) is 0 Å². The van der Waals surface area contributed by atoms with Gasteiger partial charge in [0.15, 0.2) is 0 Å². The highest BCUT2D eigenvalue weighted by atomic mass is 79.9. The van der Waals surface area contributed by atoms with Crippen LogP contribution in [0.1, 0.15) is 17.3 Å². The van der Waals surface area contributed by atoms with Crippen LogP contribution >= 0.6 is 15.9 Å². The summed E-state index contributed by atoms with van der Waals surface area (Å²) in [5, 5.41) is 10.8. The Balaban J connectivity index is 3.34. The van der Waals surface area contributed by atoms with E-state index in [0.29, 0.717) is 0 Å². The Hall–Kier alpha value is -1.63. The number of nitrogens with zero attached hydrogens (tertiary/aromatic N) is 1. The Bertz CT molecular complexity index is 447. The fourth-order valence-corrected chi connectivity index (χ4v) is 1.62. The summed E-state index contributed by atoms with van der Waals surface area (Å²) in [6.45, 7) is 1.77. The Kier molecular flexibility index (Phi) is 3.83. The van der Waals surface area contributed by atoms with Gasteiger partial charge in [0, 0.05) is 0 Å². The number of carbonyl (C=O) groups is 1. The second-order valence-electron chi connectivity index (χ2n) is 2.84. The first-order chi connectivity index (χ1) is 7.49. The number of halogens is 1. The van der Waals surface area contributed by atoms with Crippen LogP contribution in [0.2, 0.25) is 0 Å². The van der Waals surface area contributed by atoms with Gasteiger partial charge in [0.1, 0.15) is 10.0 Å². The van der Waals surface area contributed by atoms with E-state index in [0.717, 1.165) is 0 Å². The molecule has 1 rings (SSSR count). The summed E-state index contributed by atoms with van der Waals surface area (Å²) in [7, 11) is 0.